The Morgan fingerprint density at radius 2 is 2.43 bits per heavy atom. The van der Waals surface area contributed by atoms with Crippen molar-refractivity contribution in [3.05, 3.63) is 12.4 Å². The van der Waals surface area contributed by atoms with Crippen LogP contribution in [-0.4, -0.2) is 11.5 Å². The molecule has 0 spiro atoms. The van der Waals surface area contributed by atoms with E-state index < -0.39 is 0 Å². The average Bonchev–Trinajstić information content (AvgIpc) is 1.69. The third-order valence-corrected chi connectivity index (χ3v) is 0.970. The van der Waals surface area contributed by atoms with Crippen molar-refractivity contribution < 1.29 is 0 Å². The number of nitrogens with one attached hydrogen (secondary N) is 2. The largest absolute Gasteiger partial charge is 0.383 e. The van der Waals surface area contributed by atoms with Crippen LogP contribution in [0.3, 0.4) is 0 Å². The fourth-order valence-electron chi connectivity index (χ4n) is 0.396. The summed E-state index contributed by atoms with van der Waals surface area (Å²) >= 11 is 4.78. The molecule has 0 fully saturated rings. The second-order valence-electron chi connectivity index (χ2n) is 1.28. The van der Waals surface area contributed by atoms with Crippen molar-refractivity contribution in [2.24, 2.45) is 0 Å². The van der Waals surface area contributed by atoms with Crippen LogP contribution in [0.5, 0.6) is 0 Å². The van der Waals surface area contributed by atoms with Gasteiger partial charge in [0.15, 0.2) is 0 Å². The minimum absolute atomic E-state index is 0.770. The number of hydrogen-bond acceptors (Lipinski definition) is 2. The van der Waals surface area contributed by atoms with Gasteiger partial charge >= 0.3 is 0 Å². The Labute approximate surface area is 47.6 Å². The molecule has 0 aromatic heterocycles. The monoisotopic (exact) mass is 114 g/mol. The summed E-state index contributed by atoms with van der Waals surface area (Å²) in [6.45, 7) is 0.770. The highest BCUT2D eigenvalue weighted by atomic mass is 32.1. The van der Waals surface area contributed by atoms with Crippen LogP contribution in [0.25, 0.3) is 0 Å². The smallest absolute Gasteiger partial charge is 0.0987 e. The Morgan fingerprint density at radius 3 is 2.71 bits per heavy atom. The molecule has 0 saturated heterocycles. The molecule has 0 amide bonds. The Morgan fingerprint density at radius 1 is 1.57 bits per heavy atom. The molecule has 2 nitrogen and oxygen atoms in total. The maximum absolute atomic E-state index is 4.78. The molecular weight excluding hydrogens is 108 g/mol. The zero-order valence-corrected chi connectivity index (χ0v) is 4.59. The van der Waals surface area contributed by atoms with Gasteiger partial charge in [0.1, 0.15) is 0 Å². The van der Waals surface area contributed by atoms with E-state index in [0.29, 0.717) is 0 Å². The van der Waals surface area contributed by atoms with Crippen molar-refractivity contribution in [1.82, 2.24) is 10.6 Å². The van der Waals surface area contributed by atoms with E-state index in [1.54, 1.807) is 6.20 Å². The van der Waals surface area contributed by atoms with Gasteiger partial charge in [-0.1, -0.05) is 12.2 Å². The molecule has 1 heterocycles. The molecule has 1 rings (SSSR count). The van der Waals surface area contributed by atoms with Gasteiger partial charge in [-0.25, -0.2) is 0 Å². The summed E-state index contributed by atoms with van der Waals surface area (Å²) in [4.78, 5) is 0.850. The SMILES string of the molecule is S=C1CNC=CN1. The molecule has 0 saturated carbocycles. The van der Waals surface area contributed by atoms with Crippen molar-refractivity contribution in [1.29, 1.82) is 0 Å². The number of rotatable bonds is 0. The molecule has 0 atom stereocenters. The molecule has 38 valence electrons. The lowest BCUT2D eigenvalue weighted by atomic mass is 10.5. The maximum atomic E-state index is 4.78. The summed E-state index contributed by atoms with van der Waals surface area (Å²) in [5, 5.41) is 5.82. The van der Waals surface area contributed by atoms with Crippen molar-refractivity contribution in [3.8, 4) is 0 Å². The van der Waals surface area contributed by atoms with E-state index in [1.165, 1.54) is 0 Å². The molecule has 0 aromatic carbocycles. The fraction of sp³-hybridized carbons (Fsp3) is 0.250. The average molecular weight is 114 g/mol. The normalized spacial score (nSPS) is 18.0. The van der Waals surface area contributed by atoms with E-state index in [9.17, 15) is 0 Å². The fourth-order valence-corrected chi connectivity index (χ4v) is 0.548. The Kier molecular flexibility index (Phi) is 1.26. The van der Waals surface area contributed by atoms with Crippen molar-refractivity contribution >= 4 is 17.2 Å². The van der Waals surface area contributed by atoms with Crippen molar-refractivity contribution in [2.75, 3.05) is 6.54 Å². The minimum Gasteiger partial charge on any atom is -0.383 e. The Balaban J connectivity index is 2.47. The molecule has 0 aromatic rings. The number of thiocarbonyl (C=S) groups is 1. The van der Waals surface area contributed by atoms with Crippen LogP contribution in [0.2, 0.25) is 0 Å². The first-order valence-corrected chi connectivity index (χ1v) is 2.48. The zero-order valence-electron chi connectivity index (χ0n) is 3.77. The summed E-state index contributed by atoms with van der Waals surface area (Å²) < 4.78 is 0. The third-order valence-electron chi connectivity index (χ3n) is 0.708. The van der Waals surface area contributed by atoms with E-state index >= 15 is 0 Å². The van der Waals surface area contributed by atoms with Gasteiger partial charge in [-0.15, -0.1) is 0 Å². The van der Waals surface area contributed by atoms with Crippen LogP contribution < -0.4 is 10.6 Å². The van der Waals surface area contributed by atoms with Gasteiger partial charge in [0.05, 0.1) is 11.5 Å². The van der Waals surface area contributed by atoms with Gasteiger partial charge < -0.3 is 10.6 Å². The molecule has 0 unspecified atom stereocenters. The summed E-state index contributed by atoms with van der Waals surface area (Å²) in [7, 11) is 0. The summed E-state index contributed by atoms with van der Waals surface area (Å²) in [5.41, 5.74) is 0. The third kappa shape index (κ3) is 1.16. The van der Waals surface area contributed by atoms with Crippen LogP contribution in [0.4, 0.5) is 0 Å². The summed E-state index contributed by atoms with van der Waals surface area (Å²) in [6.07, 6.45) is 3.61. The Hall–Kier alpha value is -0.570. The first-order chi connectivity index (χ1) is 3.39. The Bertz CT molecular complexity index is 108. The van der Waals surface area contributed by atoms with Gasteiger partial charge in [0.2, 0.25) is 0 Å². The van der Waals surface area contributed by atoms with E-state index in [2.05, 4.69) is 10.6 Å². The highest BCUT2D eigenvalue weighted by Gasteiger charge is 1.92. The molecule has 3 heteroatoms. The molecule has 0 bridgehead atoms. The molecule has 0 aliphatic carbocycles. The van der Waals surface area contributed by atoms with Gasteiger partial charge in [-0.2, -0.15) is 0 Å². The lowest BCUT2D eigenvalue weighted by Gasteiger charge is -2.07. The standard InChI is InChI=1S/C4H6N2S/c7-4-3-5-1-2-6-4/h1-2,5H,3H2,(H,6,7). The van der Waals surface area contributed by atoms with Crippen molar-refractivity contribution in [3.63, 3.8) is 0 Å². The molecule has 1 aliphatic heterocycles. The van der Waals surface area contributed by atoms with Crippen LogP contribution in [0.1, 0.15) is 0 Å². The van der Waals surface area contributed by atoms with Gasteiger partial charge in [-0.3, -0.25) is 0 Å². The molecule has 1 aliphatic rings. The van der Waals surface area contributed by atoms with Gasteiger partial charge in [0, 0.05) is 12.4 Å². The van der Waals surface area contributed by atoms with Crippen LogP contribution >= 0.6 is 12.2 Å². The zero-order chi connectivity index (χ0) is 5.11. The van der Waals surface area contributed by atoms with Gasteiger partial charge in [-0.05, 0) is 0 Å². The second-order valence-corrected chi connectivity index (χ2v) is 1.77. The van der Waals surface area contributed by atoms with Crippen molar-refractivity contribution in [2.45, 2.75) is 0 Å². The maximum Gasteiger partial charge on any atom is 0.0987 e. The highest BCUT2D eigenvalue weighted by molar-refractivity contribution is 7.80. The van der Waals surface area contributed by atoms with Gasteiger partial charge in [0.25, 0.3) is 0 Å². The summed E-state index contributed by atoms with van der Waals surface area (Å²) in [6, 6.07) is 0. The van der Waals surface area contributed by atoms with E-state index in [0.717, 1.165) is 11.5 Å². The highest BCUT2D eigenvalue weighted by Crippen LogP contribution is 1.75. The van der Waals surface area contributed by atoms with E-state index in [1.807, 2.05) is 6.20 Å². The lowest BCUT2D eigenvalue weighted by Crippen LogP contribution is -2.31. The molecule has 0 radical (unpaired) electrons. The van der Waals surface area contributed by atoms with Crippen LogP contribution in [-0.2, 0) is 0 Å². The topological polar surface area (TPSA) is 24.1 Å². The first kappa shape index (κ1) is 4.59. The van der Waals surface area contributed by atoms with E-state index in [-0.39, 0.29) is 0 Å². The predicted molar refractivity (Wildman–Crippen MR) is 32.9 cm³/mol. The van der Waals surface area contributed by atoms with Crippen LogP contribution in [0, 0.1) is 0 Å². The number of hydrogen-bond donors (Lipinski definition) is 2. The first-order valence-electron chi connectivity index (χ1n) is 2.07. The predicted octanol–water partition coefficient (Wildman–Crippen LogP) is -0.0222. The molecular formula is C4H6N2S. The molecule has 7 heavy (non-hydrogen) atoms. The van der Waals surface area contributed by atoms with Crippen LogP contribution in [0.15, 0.2) is 12.4 Å². The lowest BCUT2D eigenvalue weighted by molar-refractivity contribution is 0.953. The quantitative estimate of drug-likeness (QED) is 0.433. The summed E-state index contributed by atoms with van der Waals surface area (Å²) in [5.74, 6) is 0. The second kappa shape index (κ2) is 1.93. The van der Waals surface area contributed by atoms with E-state index in [4.69, 9.17) is 12.2 Å². The minimum atomic E-state index is 0.770. The molecule has 2 N–H and O–H groups in total.